The lowest BCUT2D eigenvalue weighted by Crippen LogP contribution is -2.36. The normalized spacial score (nSPS) is 11.3. The van der Waals surface area contributed by atoms with Crippen molar-refractivity contribution in [1.82, 2.24) is 15.6 Å². The number of halogens is 1. The maximum Gasteiger partial charge on any atom is 0.191 e. The van der Waals surface area contributed by atoms with Gasteiger partial charge in [-0.1, -0.05) is 26.0 Å². The highest BCUT2D eigenvalue weighted by atomic mass is 127. The van der Waals surface area contributed by atoms with Gasteiger partial charge in [0.05, 0.1) is 25.4 Å². The first kappa shape index (κ1) is 25.6. The monoisotopic (exact) mass is 532 g/mol. The third-order valence-corrected chi connectivity index (χ3v) is 4.86. The fraction of sp³-hybridized carbons (Fsp3) is 0.524. The van der Waals surface area contributed by atoms with Gasteiger partial charge in [-0.15, -0.1) is 35.3 Å². The van der Waals surface area contributed by atoms with E-state index in [4.69, 9.17) is 9.47 Å². The molecule has 0 spiro atoms. The average Bonchev–Trinajstić information content (AvgIpc) is 3.17. The van der Waals surface area contributed by atoms with Gasteiger partial charge in [0.25, 0.3) is 0 Å². The summed E-state index contributed by atoms with van der Waals surface area (Å²) in [5.41, 5.74) is 2.25. The van der Waals surface area contributed by atoms with E-state index in [0.717, 1.165) is 40.9 Å². The van der Waals surface area contributed by atoms with Crippen LogP contribution >= 0.6 is 35.3 Å². The van der Waals surface area contributed by atoms with E-state index in [0.29, 0.717) is 32.2 Å². The minimum atomic E-state index is 0. The van der Waals surface area contributed by atoms with Crippen LogP contribution in [0.4, 0.5) is 0 Å². The summed E-state index contributed by atoms with van der Waals surface area (Å²) in [5.74, 6) is 2.11. The minimum absolute atomic E-state index is 0. The Kier molecular flexibility index (Phi) is 12.9. The standard InChI is InChI=1S/C21H32N4O2S.HI/c1-5-22-21(24-14-20-25-19(15-28-20)16(2)3)23-13-17-8-6-9-18(12-17)27-11-7-10-26-4;/h6,8-9,12,15-16H,5,7,10-11,13-14H2,1-4H3,(H2,22,23,24);1H. The summed E-state index contributed by atoms with van der Waals surface area (Å²) < 4.78 is 10.8. The van der Waals surface area contributed by atoms with Crippen molar-refractivity contribution >= 4 is 41.3 Å². The Morgan fingerprint density at radius 1 is 1.24 bits per heavy atom. The Morgan fingerprint density at radius 2 is 2.07 bits per heavy atom. The van der Waals surface area contributed by atoms with Crippen molar-refractivity contribution in [2.24, 2.45) is 4.99 Å². The molecule has 6 nitrogen and oxygen atoms in total. The molecule has 0 bridgehead atoms. The quantitative estimate of drug-likeness (QED) is 0.192. The molecule has 1 heterocycles. The number of methoxy groups -OCH3 is 1. The van der Waals surface area contributed by atoms with Crippen molar-refractivity contribution in [2.45, 2.75) is 46.2 Å². The largest absolute Gasteiger partial charge is 0.493 e. The molecule has 162 valence electrons. The van der Waals surface area contributed by atoms with Crippen LogP contribution in [0.5, 0.6) is 5.75 Å². The minimum Gasteiger partial charge on any atom is -0.493 e. The molecule has 0 saturated heterocycles. The van der Waals surface area contributed by atoms with E-state index in [2.05, 4.69) is 52.8 Å². The lowest BCUT2D eigenvalue weighted by atomic mass is 10.2. The molecule has 0 atom stereocenters. The molecule has 0 fully saturated rings. The zero-order chi connectivity index (χ0) is 20.2. The Bertz CT molecular complexity index is 737. The predicted molar refractivity (Wildman–Crippen MR) is 132 cm³/mol. The van der Waals surface area contributed by atoms with Gasteiger partial charge in [-0.25, -0.2) is 9.98 Å². The molecule has 2 N–H and O–H groups in total. The average molecular weight is 532 g/mol. The van der Waals surface area contributed by atoms with Gasteiger partial charge in [-0.2, -0.15) is 0 Å². The number of aliphatic imine (C=N–C) groups is 1. The first-order valence-electron chi connectivity index (χ1n) is 9.79. The molecule has 0 aliphatic heterocycles. The molecule has 0 radical (unpaired) electrons. The predicted octanol–water partition coefficient (Wildman–Crippen LogP) is 4.56. The summed E-state index contributed by atoms with van der Waals surface area (Å²) in [7, 11) is 1.70. The van der Waals surface area contributed by atoms with Gasteiger partial charge in [0.2, 0.25) is 0 Å². The van der Waals surface area contributed by atoms with Crippen LogP contribution in [0.3, 0.4) is 0 Å². The zero-order valence-corrected chi connectivity index (χ0v) is 20.9. The number of guanidine groups is 1. The number of rotatable bonds is 11. The molecule has 1 aromatic carbocycles. The number of nitrogens with zero attached hydrogens (tertiary/aromatic N) is 2. The van der Waals surface area contributed by atoms with Crippen molar-refractivity contribution in [3.05, 3.63) is 45.9 Å². The third-order valence-electron chi connectivity index (χ3n) is 3.99. The second-order valence-corrected chi connectivity index (χ2v) is 7.65. The van der Waals surface area contributed by atoms with Crippen LogP contribution in [-0.2, 0) is 17.8 Å². The Balaban J connectivity index is 0.00000420. The number of aromatic nitrogens is 1. The highest BCUT2D eigenvalue weighted by molar-refractivity contribution is 14.0. The van der Waals surface area contributed by atoms with E-state index in [1.807, 2.05) is 18.2 Å². The van der Waals surface area contributed by atoms with Crippen molar-refractivity contribution in [1.29, 1.82) is 0 Å². The van der Waals surface area contributed by atoms with E-state index in [9.17, 15) is 0 Å². The second-order valence-electron chi connectivity index (χ2n) is 6.71. The fourth-order valence-corrected chi connectivity index (χ4v) is 3.37. The Hall–Kier alpha value is -1.39. The van der Waals surface area contributed by atoms with Gasteiger partial charge in [-0.3, -0.25) is 0 Å². The van der Waals surface area contributed by atoms with Crippen LogP contribution in [-0.4, -0.2) is 37.8 Å². The fourth-order valence-electron chi connectivity index (χ4n) is 2.47. The summed E-state index contributed by atoms with van der Waals surface area (Å²) >= 11 is 1.68. The van der Waals surface area contributed by atoms with E-state index in [-0.39, 0.29) is 24.0 Å². The maximum atomic E-state index is 5.76. The van der Waals surface area contributed by atoms with Crippen LogP contribution in [0, 0.1) is 0 Å². The topological polar surface area (TPSA) is 67.8 Å². The van der Waals surface area contributed by atoms with Gasteiger partial charge in [0.1, 0.15) is 10.8 Å². The van der Waals surface area contributed by atoms with Gasteiger partial charge >= 0.3 is 0 Å². The summed E-state index contributed by atoms with van der Waals surface area (Å²) in [6, 6.07) is 8.07. The van der Waals surface area contributed by atoms with Gasteiger partial charge in [-0.05, 0) is 30.5 Å². The molecule has 0 amide bonds. The first-order valence-corrected chi connectivity index (χ1v) is 10.7. The second kappa shape index (κ2) is 14.6. The van der Waals surface area contributed by atoms with E-state index in [1.165, 1.54) is 0 Å². The van der Waals surface area contributed by atoms with Gasteiger partial charge in [0.15, 0.2) is 5.96 Å². The van der Waals surface area contributed by atoms with Crippen LogP contribution in [0.1, 0.15) is 49.4 Å². The Labute approximate surface area is 195 Å². The molecule has 0 unspecified atom stereocenters. The number of hydrogen-bond acceptors (Lipinski definition) is 5. The van der Waals surface area contributed by atoms with Crippen molar-refractivity contribution in [3.63, 3.8) is 0 Å². The van der Waals surface area contributed by atoms with Crippen LogP contribution in [0.15, 0.2) is 34.6 Å². The van der Waals surface area contributed by atoms with Gasteiger partial charge in [0, 0.05) is 32.1 Å². The molecule has 2 aromatic rings. The van der Waals surface area contributed by atoms with Crippen molar-refractivity contribution < 1.29 is 9.47 Å². The highest BCUT2D eigenvalue weighted by Crippen LogP contribution is 2.17. The highest BCUT2D eigenvalue weighted by Gasteiger charge is 2.06. The molecular formula is C21H33IN4O2S. The van der Waals surface area contributed by atoms with E-state index in [1.54, 1.807) is 18.4 Å². The summed E-state index contributed by atoms with van der Waals surface area (Å²) in [4.78, 5) is 9.35. The smallest absolute Gasteiger partial charge is 0.191 e. The van der Waals surface area contributed by atoms with Crippen molar-refractivity contribution in [2.75, 3.05) is 26.9 Å². The van der Waals surface area contributed by atoms with Crippen LogP contribution < -0.4 is 15.4 Å². The molecule has 0 aliphatic rings. The summed E-state index contributed by atoms with van der Waals surface area (Å²) in [5, 5.41) is 9.85. The number of hydrogen-bond donors (Lipinski definition) is 2. The molecule has 1 aromatic heterocycles. The summed E-state index contributed by atoms with van der Waals surface area (Å²) in [6.45, 7) is 9.80. The number of ether oxygens (including phenoxy) is 2. The first-order chi connectivity index (χ1) is 13.6. The zero-order valence-electron chi connectivity index (χ0n) is 17.7. The summed E-state index contributed by atoms with van der Waals surface area (Å²) in [6.07, 6.45) is 0.878. The lowest BCUT2D eigenvalue weighted by molar-refractivity contribution is 0.172. The Morgan fingerprint density at radius 3 is 2.76 bits per heavy atom. The molecule has 29 heavy (non-hydrogen) atoms. The molecule has 0 saturated carbocycles. The van der Waals surface area contributed by atoms with Gasteiger partial charge < -0.3 is 20.1 Å². The maximum absolute atomic E-state index is 5.76. The molecule has 2 rings (SSSR count). The lowest BCUT2D eigenvalue weighted by Gasteiger charge is -2.11. The van der Waals surface area contributed by atoms with Crippen LogP contribution in [0.2, 0.25) is 0 Å². The van der Waals surface area contributed by atoms with E-state index >= 15 is 0 Å². The van der Waals surface area contributed by atoms with Crippen LogP contribution in [0.25, 0.3) is 0 Å². The number of thiazole rings is 1. The number of nitrogens with one attached hydrogen (secondary N) is 2. The SMILES string of the molecule is CCNC(=NCc1cccc(OCCCOC)c1)NCc1nc(C(C)C)cs1.I. The van der Waals surface area contributed by atoms with Crippen molar-refractivity contribution in [3.8, 4) is 5.75 Å². The number of benzene rings is 1. The third kappa shape index (κ3) is 9.77. The molecular weight excluding hydrogens is 499 g/mol. The molecule has 0 aliphatic carbocycles. The molecule has 8 heteroatoms. The van der Waals surface area contributed by atoms with E-state index < -0.39 is 0 Å².